The first-order chi connectivity index (χ1) is 10.3. The average molecular weight is 285 g/mol. The smallest absolute Gasteiger partial charge is 0.122 e. The van der Waals surface area contributed by atoms with Crippen molar-refractivity contribution in [3.63, 3.8) is 0 Å². The Morgan fingerprint density at radius 1 is 1.29 bits per heavy atom. The van der Waals surface area contributed by atoms with E-state index in [0.717, 1.165) is 43.1 Å². The first-order valence-corrected chi connectivity index (χ1v) is 8.84. The van der Waals surface area contributed by atoms with E-state index in [1.165, 1.54) is 43.2 Å². The summed E-state index contributed by atoms with van der Waals surface area (Å²) in [5, 5.41) is 3.79. The van der Waals surface area contributed by atoms with Crippen molar-refractivity contribution < 1.29 is 4.74 Å². The molecule has 4 unspecified atom stereocenters. The maximum atomic E-state index is 5.77. The third-order valence-electron chi connectivity index (χ3n) is 5.94. The molecule has 0 spiro atoms. The van der Waals surface area contributed by atoms with E-state index in [1.807, 2.05) is 0 Å². The molecule has 2 saturated carbocycles. The maximum Gasteiger partial charge on any atom is 0.122 e. The number of hydrogen-bond acceptors (Lipinski definition) is 2. The number of nitrogens with one attached hydrogen (secondary N) is 1. The molecule has 0 amide bonds. The van der Waals surface area contributed by atoms with Crippen LogP contribution in [0, 0.1) is 17.8 Å². The molecule has 2 heteroatoms. The Labute approximate surface area is 128 Å². The maximum absolute atomic E-state index is 5.77. The fraction of sp³-hybridized carbons (Fsp3) is 0.684. The van der Waals surface area contributed by atoms with E-state index in [-0.39, 0.29) is 0 Å². The molecule has 1 heterocycles. The van der Waals surface area contributed by atoms with Gasteiger partial charge < -0.3 is 10.1 Å². The van der Waals surface area contributed by atoms with Crippen LogP contribution in [0.25, 0.3) is 0 Å². The van der Waals surface area contributed by atoms with E-state index < -0.39 is 0 Å². The minimum absolute atomic E-state index is 0.553. The summed E-state index contributed by atoms with van der Waals surface area (Å²) in [6.45, 7) is 4.18. The second-order valence-electron chi connectivity index (χ2n) is 7.19. The van der Waals surface area contributed by atoms with E-state index in [9.17, 15) is 0 Å². The molecule has 4 rings (SSSR count). The largest absolute Gasteiger partial charge is 0.493 e. The van der Waals surface area contributed by atoms with E-state index in [0.29, 0.717) is 6.04 Å². The standard InChI is InChI=1S/C19H27NO/c1-2-20-19(17-11-13-5-6-14(17)10-13)16-7-8-18-15(12-16)4-3-9-21-18/h7-8,12-14,17,19-20H,2-6,9-11H2,1H3. The lowest BCUT2D eigenvalue weighted by Crippen LogP contribution is -2.31. The van der Waals surface area contributed by atoms with Crippen molar-refractivity contribution in [1.29, 1.82) is 0 Å². The van der Waals surface area contributed by atoms with Crippen LogP contribution in [0.1, 0.15) is 56.2 Å². The van der Waals surface area contributed by atoms with Crippen LogP contribution in [0.5, 0.6) is 5.75 Å². The van der Waals surface area contributed by atoms with Gasteiger partial charge >= 0.3 is 0 Å². The molecular weight excluding hydrogens is 258 g/mol. The van der Waals surface area contributed by atoms with Crippen LogP contribution in [-0.2, 0) is 6.42 Å². The molecule has 21 heavy (non-hydrogen) atoms. The average Bonchev–Trinajstić information content (AvgIpc) is 3.15. The predicted molar refractivity (Wildman–Crippen MR) is 85.6 cm³/mol. The van der Waals surface area contributed by atoms with Gasteiger partial charge in [-0.2, -0.15) is 0 Å². The monoisotopic (exact) mass is 285 g/mol. The number of aryl methyl sites for hydroxylation is 1. The van der Waals surface area contributed by atoms with E-state index in [4.69, 9.17) is 4.74 Å². The zero-order valence-electron chi connectivity index (χ0n) is 13.1. The molecule has 1 N–H and O–H groups in total. The fourth-order valence-corrected chi connectivity index (χ4v) is 5.01. The van der Waals surface area contributed by atoms with Gasteiger partial charge in [0.1, 0.15) is 5.75 Å². The second kappa shape index (κ2) is 5.64. The van der Waals surface area contributed by atoms with Gasteiger partial charge in [0, 0.05) is 6.04 Å². The Bertz CT molecular complexity index is 512. The zero-order chi connectivity index (χ0) is 14.2. The molecular formula is C19H27NO. The lowest BCUT2D eigenvalue weighted by atomic mass is 9.80. The van der Waals surface area contributed by atoms with E-state index >= 15 is 0 Å². The molecule has 2 bridgehead atoms. The predicted octanol–water partition coefficient (Wildman–Crippen LogP) is 4.10. The first kappa shape index (κ1) is 13.6. The van der Waals surface area contributed by atoms with Gasteiger partial charge in [-0.25, -0.2) is 0 Å². The highest BCUT2D eigenvalue weighted by Gasteiger charge is 2.43. The summed E-state index contributed by atoms with van der Waals surface area (Å²) in [6.07, 6.45) is 8.22. The van der Waals surface area contributed by atoms with Crippen LogP contribution in [0.3, 0.4) is 0 Å². The fourth-order valence-electron chi connectivity index (χ4n) is 5.01. The van der Waals surface area contributed by atoms with Gasteiger partial charge in [0.2, 0.25) is 0 Å². The molecule has 4 atom stereocenters. The van der Waals surface area contributed by atoms with E-state index in [2.05, 4.69) is 30.4 Å². The molecule has 2 aliphatic carbocycles. The van der Waals surface area contributed by atoms with E-state index in [1.54, 1.807) is 0 Å². The molecule has 0 radical (unpaired) electrons. The van der Waals surface area contributed by atoms with Crippen LogP contribution in [0.2, 0.25) is 0 Å². The lowest BCUT2D eigenvalue weighted by molar-refractivity contribution is 0.252. The Hall–Kier alpha value is -1.02. The molecule has 2 fully saturated rings. The summed E-state index contributed by atoms with van der Waals surface area (Å²) in [4.78, 5) is 0. The highest BCUT2D eigenvalue weighted by molar-refractivity contribution is 5.40. The topological polar surface area (TPSA) is 21.3 Å². The minimum atomic E-state index is 0.553. The Morgan fingerprint density at radius 3 is 3.00 bits per heavy atom. The first-order valence-electron chi connectivity index (χ1n) is 8.84. The SMILES string of the molecule is CCNC(c1ccc2c(c1)CCCO2)C1CC2CCC1C2. The van der Waals surface area contributed by atoms with Gasteiger partial charge in [0.05, 0.1) is 6.61 Å². The van der Waals surface area contributed by atoms with Gasteiger partial charge in [-0.05, 0) is 73.6 Å². The van der Waals surface area contributed by atoms with Crippen molar-refractivity contribution >= 4 is 0 Å². The van der Waals surface area contributed by atoms with Crippen LogP contribution in [-0.4, -0.2) is 13.2 Å². The number of benzene rings is 1. The summed E-state index contributed by atoms with van der Waals surface area (Å²) in [6, 6.07) is 7.50. The third kappa shape index (κ3) is 2.48. The van der Waals surface area contributed by atoms with Crippen molar-refractivity contribution in [3.8, 4) is 5.75 Å². The summed E-state index contributed by atoms with van der Waals surface area (Å²) in [7, 11) is 0. The van der Waals surface area contributed by atoms with Gasteiger partial charge in [-0.15, -0.1) is 0 Å². The molecule has 1 aliphatic heterocycles. The molecule has 114 valence electrons. The van der Waals surface area contributed by atoms with Crippen LogP contribution < -0.4 is 10.1 Å². The molecule has 1 aromatic carbocycles. The zero-order valence-corrected chi connectivity index (χ0v) is 13.1. The van der Waals surface area contributed by atoms with Crippen LogP contribution in [0.4, 0.5) is 0 Å². The highest BCUT2D eigenvalue weighted by Crippen LogP contribution is 2.52. The lowest BCUT2D eigenvalue weighted by Gasteiger charge is -2.32. The molecule has 3 aliphatic rings. The number of rotatable bonds is 4. The van der Waals surface area contributed by atoms with Crippen molar-refractivity contribution in [2.75, 3.05) is 13.2 Å². The number of fused-ring (bicyclic) bond motifs is 3. The molecule has 2 nitrogen and oxygen atoms in total. The van der Waals surface area contributed by atoms with Crippen molar-refractivity contribution in [1.82, 2.24) is 5.32 Å². The quantitative estimate of drug-likeness (QED) is 0.899. The van der Waals surface area contributed by atoms with Gasteiger partial charge in [-0.1, -0.05) is 25.5 Å². The molecule has 1 aromatic rings. The number of hydrogen-bond donors (Lipinski definition) is 1. The third-order valence-corrected chi connectivity index (χ3v) is 5.94. The molecule has 0 aromatic heterocycles. The van der Waals surface area contributed by atoms with Gasteiger partial charge in [0.15, 0.2) is 0 Å². The normalized spacial score (nSPS) is 31.8. The Kier molecular flexibility index (Phi) is 3.66. The minimum Gasteiger partial charge on any atom is -0.493 e. The summed E-state index contributed by atoms with van der Waals surface area (Å²) in [5.74, 6) is 3.95. The summed E-state index contributed by atoms with van der Waals surface area (Å²) < 4.78 is 5.77. The van der Waals surface area contributed by atoms with Gasteiger partial charge in [-0.3, -0.25) is 0 Å². The van der Waals surface area contributed by atoms with Crippen molar-refractivity contribution in [2.24, 2.45) is 17.8 Å². The second-order valence-corrected chi connectivity index (χ2v) is 7.19. The van der Waals surface area contributed by atoms with Crippen LogP contribution >= 0.6 is 0 Å². The van der Waals surface area contributed by atoms with Crippen molar-refractivity contribution in [2.45, 2.75) is 51.5 Å². The van der Waals surface area contributed by atoms with Gasteiger partial charge in [0.25, 0.3) is 0 Å². The number of ether oxygens (including phenoxy) is 1. The summed E-state index contributed by atoms with van der Waals surface area (Å²) in [5.41, 5.74) is 2.92. The Morgan fingerprint density at radius 2 is 2.24 bits per heavy atom. The summed E-state index contributed by atoms with van der Waals surface area (Å²) >= 11 is 0. The van der Waals surface area contributed by atoms with Crippen LogP contribution in [0.15, 0.2) is 18.2 Å². The Balaban J connectivity index is 1.61. The molecule has 0 saturated heterocycles. The van der Waals surface area contributed by atoms with Crippen molar-refractivity contribution in [3.05, 3.63) is 29.3 Å². The highest BCUT2D eigenvalue weighted by atomic mass is 16.5.